The summed E-state index contributed by atoms with van der Waals surface area (Å²) in [7, 11) is 0. The van der Waals surface area contributed by atoms with E-state index in [2.05, 4.69) is 13.8 Å². The molecule has 0 radical (unpaired) electrons. The number of rotatable bonds is 12. The van der Waals surface area contributed by atoms with Gasteiger partial charge in [0, 0.05) is 6.42 Å². The minimum atomic E-state index is -0.843. The van der Waals surface area contributed by atoms with Crippen LogP contribution in [0.15, 0.2) is 11.5 Å². The predicted molar refractivity (Wildman–Crippen MR) is 106 cm³/mol. The van der Waals surface area contributed by atoms with Gasteiger partial charge in [0.25, 0.3) is 0 Å². The molecule has 0 spiro atoms. The van der Waals surface area contributed by atoms with Crippen molar-refractivity contribution in [2.75, 3.05) is 6.61 Å². The van der Waals surface area contributed by atoms with Crippen LogP contribution in [0.2, 0.25) is 0 Å². The van der Waals surface area contributed by atoms with Crippen LogP contribution in [0.3, 0.4) is 0 Å². The number of aliphatic hydroxyl groups is 3. The minimum Gasteiger partial charge on any atom is -0.508 e. The second kappa shape index (κ2) is 11.1. The van der Waals surface area contributed by atoms with Crippen LogP contribution in [0.5, 0.6) is 0 Å². The van der Waals surface area contributed by atoms with Gasteiger partial charge in [0.15, 0.2) is 5.76 Å². The molecule has 1 heterocycles. The number of ketones is 1. The monoisotopic (exact) mass is 382 g/mol. The van der Waals surface area contributed by atoms with Gasteiger partial charge < -0.3 is 20.1 Å². The number of hydrogen-bond acceptors (Lipinski definition) is 5. The highest BCUT2D eigenvalue weighted by molar-refractivity contribution is 5.94. The lowest BCUT2D eigenvalue weighted by molar-refractivity contribution is -0.120. The van der Waals surface area contributed by atoms with E-state index in [9.17, 15) is 15.0 Å². The van der Waals surface area contributed by atoms with Crippen molar-refractivity contribution in [3.05, 3.63) is 11.5 Å². The summed E-state index contributed by atoms with van der Waals surface area (Å²) in [5.74, 6) is 0.334. The van der Waals surface area contributed by atoms with Crippen LogP contribution in [-0.2, 0) is 9.53 Å². The molecule has 5 nitrogen and oxygen atoms in total. The molecule has 3 N–H and O–H groups in total. The lowest BCUT2D eigenvalue weighted by atomic mass is 9.86. The number of allylic oxidation sites excluding steroid dienone is 1. The number of aliphatic hydroxyl groups excluding tert-OH is 3. The molecule has 1 aliphatic heterocycles. The topological polar surface area (TPSA) is 87.0 Å². The minimum absolute atomic E-state index is 0.0894. The Morgan fingerprint density at radius 2 is 1.93 bits per heavy atom. The van der Waals surface area contributed by atoms with E-state index in [1.54, 1.807) is 0 Å². The Hall–Kier alpha value is -1.07. The Balaban J connectivity index is 1.70. The number of carbonyl (C=O) groups is 1. The van der Waals surface area contributed by atoms with E-state index in [-0.39, 0.29) is 18.3 Å². The summed E-state index contributed by atoms with van der Waals surface area (Å²) < 4.78 is 6.16. The first-order valence-electron chi connectivity index (χ1n) is 10.9. The number of carbonyl (C=O) groups excluding carboxylic acids is 1. The lowest BCUT2D eigenvalue weighted by Crippen LogP contribution is -2.13. The average molecular weight is 383 g/mol. The van der Waals surface area contributed by atoms with Gasteiger partial charge in [-0.25, -0.2) is 0 Å². The van der Waals surface area contributed by atoms with Crippen molar-refractivity contribution in [3.63, 3.8) is 0 Å². The highest BCUT2D eigenvalue weighted by Gasteiger charge is 2.43. The van der Waals surface area contributed by atoms with Gasteiger partial charge in [-0.2, -0.15) is 0 Å². The predicted octanol–water partition coefficient (Wildman–Crippen LogP) is 4.84. The highest BCUT2D eigenvalue weighted by atomic mass is 16.5. The van der Waals surface area contributed by atoms with E-state index in [0.717, 1.165) is 24.7 Å². The largest absolute Gasteiger partial charge is 0.508 e. The molecule has 5 heteroatoms. The molecule has 0 amide bonds. The fourth-order valence-corrected chi connectivity index (χ4v) is 4.96. The quantitative estimate of drug-likeness (QED) is 0.255. The Bertz CT molecular complexity index is 501. The zero-order valence-corrected chi connectivity index (χ0v) is 17.0. The van der Waals surface area contributed by atoms with Crippen molar-refractivity contribution >= 4 is 5.78 Å². The third-order valence-electron chi connectivity index (χ3n) is 6.49. The SMILES string of the molecule is CCCC(C)CCCC[C@H]1CC[C@@H]2OC(CCC(O)=C(O)C(=O)CO)C[C@H]12. The molecule has 2 unspecified atom stereocenters. The maximum absolute atomic E-state index is 11.2. The van der Waals surface area contributed by atoms with Gasteiger partial charge in [-0.15, -0.1) is 0 Å². The normalized spacial score (nSPS) is 29.4. The summed E-state index contributed by atoms with van der Waals surface area (Å²) in [5.41, 5.74) is 0. The van der Waals surface area contributed by atoms with Crippen LogP contribution < -0.4 is 0 Å². The molecule has 2 fully saturated rings. The Morgan fingerprint density at radius 3 is 2.63 bits per heavy atom. The smallest absolute Gasteiger partial charge is 0.225 e. The fourth-order valence-electron chi connectivity index (χ4n) is 4.96. The molecule has 5 atom stereocenters. The van der Waals surface area contributed by atoms with E-state index in [1.165, 1.54) is 44.9 Å². The summed E-state index contributed by atoms with van der Waals surface area (Å²) in [6.07, 6.45) is 12.6. The Kier molecular flexibility index (Phi) is 9.10. The van der Waals surface area contributed by atoms with Gasteiger partial charge in [-0.05, 0) is 43.4 Å². The summed E-state index contributed by atoms with van der Waals surface area (Å²) in [6, 6.07) is 0. The second-order valence-electron chi connectivity index (χ2n) is 8.63. The first-order valence-corrected chi connectivity index (χ1v) is 10.9. The second-order valence-corrected chi connectivity index (χ2v) is 8.63. The van der Waals surface area contributed by atoms with Crippen molar-refractivity contribution in [1.29, 1.82) is 0 Å². The third-order valence-corrected chi connectivity index (χ3v) is 6.49. The van der Waals surface area contributed by atoms with E-state index in [1.807, 2.05) is 0 Å². The van der Waals surface area contributed by atoms with Crippen LogP contribution in [-0.4, -0.2) is 39.9 Å². The number of unbranched alkanes of at least 4 members (excludes halogenated alkanes) is 1. The van der Waals surface area contributed by atoms with Crippen LogP contribution in [0, 0.1) is 17.8 Å². The zero-order chi connectivity index (χ0) is 19.8. The number of Topliss-reactive ketones (excluding diaryl/α,β-unsaturated/α-hetero) is 1. The molecule has 0 aromatic carbocycles. The van der Waals surface area contributed by atoms with Crippen LogP contribution in [0.1, 0.15) is 84.5 Å². The fraction of sp³-hybridized carbons (Fsp3) is 0.864. The summed E-state index contributed by atoms with van der Waals surface area (Å²) >= 11 is 0. The first kappa shape index (κ1) is 22.2. The molecule has 2 aliphatic rings. The first-order chi connectivity index (χ1) is 13.0. The number of hydrogen-bond donors (Lipinski definition) is 3. The van der Waals surface area contributed by atoms with Gasteiger partial charge in [0.1, 0.15) is 12.4 Å². The maximum atomic E-state index is 11.2. The molecule has 156 valence electrons. The van der Waals surface area contributed by atoms with E-state index in [0.29, 0.717) is 18.4 Å². The molecule has 2 rings (SSSR count). The Morgan fingerprint density at radius 1 is 1.15 bits per heavy atom. The van der Waals surface area contributed by atoms with Gasteiger partial charge in [-0.3, -0.25) is 4.79 Å². The molecule has 0 aromatic heterocycles. The number of fused-ring (bicyclic) bond motifs is 1. The van der Waals surface area contributed by atoms with Crippen LogP contribution in [0.4, 0.5) is 0 Å². The summed E-state index contributed by atoms with van der Waals surface area (Å²) in [4.78, 5) is 11.2. The van der Waals surface area contributed by atoms with E-state index < -0.39 is 18.1 Å². The molecular weight excluding hydrogens is 344 g/mol. The molecule has 1 saturated carbocycles. The maximum Gasteiger partial charge on any atom is 0.225 e. The van der Waals surface area contributed by atoms with E-state index >= 15 is 0 Å². The van der Waals surface area contributed by atoms with Crippen LogP contribution >= 0.6 is 0 Å². The lowest BCUT2D eigenvalue weighted by Gasteiger charge is -2.18. The van der Waals surface area contributed by atoms with Crippen molar-refractivity contribution in [1.82, 2.24) is 0 Å². The third kappa shape index (κ3) is 6.49. The van der Waals surface area contributed by atoms with Crippen molar-refractivity contribution in [2.45, 2.75) is 96.7 Å². The molecule has 0 aromatic rings. The van der Waals surface area contributed by atoms with Crippen molar-refractivity contribution in [2.24, 2.45) is 17.8 Å². The van der Waals surface area contributed by atoms with Gasteiger partial charge in [-0.1, -0.05) is 52.4 Å². The standard InChI is InChI=1S/C22H38O5/c1-3-6-15(2)7-4-5-8-16-9-12-21-18(16)13-17(27-21)10-11-19(24)22(26)20(25)14-23/h15-18,21,23-24,26H,3-14H2,1-2H3/t15?,16-,17?,18+,21-/m0/s1. The van der Waals surface area contributed by atoms with Crippen molar-refractivity contribution < 1.29 is 24.9 Å². The molecular formula is C22H38O5. The molecule has 1 saturated heterocycles. The van der Waals surface area contributed by atoms with Crippen molar-refractivity contribution in [3.8, 4) is 0 Å². The molecule has 0 bridgehead atoms. The van der Waals surface area contributed by atoms with Gasteiger partial charge in [0.05, 0.1) is 12.2 Å². The Labute approximate surface area is 163 Å². The van der Waals surface area contributed by atoms with Gasteiger partial charge >= 0.3 is 0 Å². The molecule has 1 aliphatic carbocycles. The molecule has 27 heavy (non-hydrogen) atoms. The average Bonchev–Trinajstić information content (AvgIpc) is 3.23. The zero-order valence-electron chi connectivity index (χ0n) is 17.0. The van der Waals surface area contributed by atoms with Crippen LogP contribution in [0.25, 0.3) is 0 Å². The van der Waals surface area contributed by atoms with Gasteiger partial charge in [0.2, 0.25) is 5.78 Å². The summed E-state index contributed by atoms with van der Waals surface area (Å²) in [6.45, 7) is 3.83. The summed E-state index contributed by atoms with van der Waals surface area (Å²) in [5, 5.41) is 28.1. The highest BCUT2D eigenvalue weighted by Crippen LogP contribution is 2.46. The number of ether oxygens (including phenoxy) is 1. The van der Waals surface area contributed by atoms with E-state index in [4.69, 9.17) is 9.84 Å².